The monoisotopic (exact) mass is 341 g/mol. The Kier molecular flexibility index (Phi) is 6.00. The summed E-state index contributed by atoms with van der Waals surface area (Å²) < 4.78 is 5.35. The van der Waals surface area contributed by atoms with Gasteiger partial charge in [0.2, 0.25) is 0 Å². The summed E-state index contributed by atoms with van der Waals surface area (Å²) in [6.07, 6.45) is 7.33. The first-order chi connectivity index (χ1) is 12.1. The van der Waals surface area contributed by atoms with Crippen LogP contribution in [-0.2, 0) is 13.1 Å². The van der Waals surface area contributed by atoms with Crippen LogP contribution in [0.5, 0.6) is 5.75 Å². The fraction of sp³-hybridized carbons (Fsp3) is 0.500. The number of aliphatic hydroxyl groups is 1. The lowest BCUT2D eigenvalue weighted by molar-refractivity contribution is 0.0659. The molecule has 1 heterocycles. The molecule has 2 aromatic rings. The molecule has 5 heteroatoms. The number of hydrogen-bond acceptors (Lipinski definition) is 5. The number of rotatable bonds is 6. The van der Waals surface area contributed by atoms with Crippen molar-refractivity contribution in [3.8, 4) is 5.75 Å². The van der Waals surface area contributed by atoms with Gasteiger partial charge in [-0.3, -0.25) is 14.9 Å². The summed E-state index contributed by atoms with van der Waals surface area (Å²) in [5.41, 5.74) is 3.15. The number of nitrogens with zero attached hydrogens (tertiary/aromatic N) is 3. The molecule has 1 fully saturated rings. The molecule has 25 heavy (non-hydrogen) atoms. The van der Waals surface area contributed by atoms with Crippen molar-refractivity contribution in [2.24, 2.45) is 0 Å². The molecule has 0 radical (unpaired) electrons. The summed E-state index contributed by atoms with van der Waals surface area (Å²) >= 11 is 0. The largest absolute Gasteiger partial charge is 0.497 e. The molecule has 0 spiro atoms. The number of aliphatic hydroxyl groups excluding tert-OH is 1. The van der Waals surface area contributed by atoms with Gasteiger partial charge in [-0.2, -0.15) is 0 Å². The smallest absolute Gasteiger partial charge is 0.119 e. The second kappa shape index (κ2) is 8.41. The molecule has 1 aliphatic carbocycles. The number of aromatic nitrogens is 2. The van der Waals surface area contributed by atoms with Crippen LogP contribution in [-0.4, -0.2) is 39.2 Å². The first kappa shape index (κ1) is 17.8. The van der Waals surface area contributed by atoms with Crippen LogP contribution in [0.2, 0.25) is 0 Å². The number of hydrogen-bond donors (Lipinski definition) is 1. The highest BCUT2D eigenvalue weighted by atomic mass is 16.5. The van der Waals surface area contributed by atoms with Gasteiger partial charge in [-0.15, -0.1) is 0 Å². The number of methoxy groups -OCH3 is 1. The Morgan fingerprint density at radius 3 is 2.60 bits per heavy atom. The topological polar surface area (TPSA) is 58.5 Å². The molecule has 0 bridgehead atoms. The van der Waals surface area contributed by atoms with Crippen molar-refractivity contribution < 1.29 is 9.84 Å². The molecule has 3 rings (SSSR count). The summed E-state index contributed by atoms with van der Waals surface area (Å²) in [5, 5.41) is 9.83. The highest BCUT2D eigenvalue weighted by Gasteiger charge is 2.25. The molecule has 0 unspecified atom stereocenters. The molecule has 5 nitrogen and oxygen atoms in total. The van der Waals surface area contributed by atoms with Crippen molar-refractivity contribution in [1.29, 1.82) is 0 Å². The molecular formula is C20H27N3O2. The number of aryl methyl sites for hydroxylation is 1. The van der Waals surface area contributed by atoms with E-state index in [0.717, 1.165) is 55.9 Å². The zero-order chi connectivity index (χ0) is 17.6. The van der Waals surface area contributed by atoms with E-state index >= 15 is 0 Å². The van der Waals surface area contributed by atoms with Crippen molar-refractivity contribution in [3.05, 3.63) is 53.6 Å². The Labute approximate surface area is 149 Å². The molecule has 1 aliphatic rings. The molecule has 1 aromatic heterocycles. The van der Waals surface area contributed by atoms with Crippen LogP contribution in [0.25, 0.3) is 0 Å². The molecule has 134 valence electrons. The molecule has 1 saturated carbocycles. The zero-order valence-electron chi connectivity index (χ0n) is 15.1. The van der Waals surface area contributed by atoms with Crippen LogP contribution in [0.3, 0.4) is 0 Å². The van der Waals surface area contributed by atoms with E-state index in [9.17, 15) is 5.11 Å². The standard InChI is InChI=1S/C20H27N3O2/c1-15-11-22-17(12-21-15)14-23(18-6-8-19(24)9-7-18)13-16-4-3-5-20(10-16)25-2/h3-5,10-12,18-19,24H,6-9,13-14H2,1-2H3. The molecule has 1 aromatic carbocycles. The van der Waals surface area contributed by atoms with Gasteiger partial charge in [0.15, 0.2) is 0 Å². The van der Waals surface area contributed by atoms with Crippen molar-refractivity contribution in [2.45, 2.75) is 57.8 Å². The average molecular weight is 341 g/mol. The van der Waals surface area contributed by atoms with Crippen LogP contribution in [0, 0.1) is 6.92 Å². The molecule has 1 N–H and O–H groups in total. The van der Waals surface area contributed by atoms with E-state index in [0.29, 0.717) is 6.04 Å². The summed E-state index contributed by atoms with van der Waals surface area (Å²) in [6.45, 7) is 3.56. The minimum absolute atomic E-state index is 0.144. The zero-order valence-corrected chi connectivity index (χ0v) is 15.1. The highest BCUT2D eigenvalue weighted by molar-refractivity contribution is 5.28. The predicted molar refractivity (Wildman–Crippen MR) is 97.3 cm³/mol. The second-order valence-corrected chi connectivity index (χ2v) is 6.87. The van der Waals surface area contributed by atoms with Crippen molar-refractivity contribution in [2.75, 3.05) is 7.11 Å². The maximum atomic E-state index is 9.83. The molecule has 0 atom stereocenters. The van der Waals surface area contributed by atoms with E-state index in [4.69, 9.17) is 4.74 Å². The number of benzene rings is 1. The predicted octanol–water partition coefficient (Wildman–Crippen LogP) is 3.10. The Bertz CT molecular complexity index is 667. The van der Waals surface area contributed by atoms with Gasteiger partial charge in [0.05, 0.1) is 24.6 Å². The summed E-state index contributed by atoms with van der Waals surface area (Å²) in [6, 6.07) is 8.68. The third kappa shape index (κ3) is 5.00. The Morgan fingerprint density at radius 1 is 1.12 bits per heavy atom. The van der Waals surface area contributed by atoms with E-state index in [2.05, 4.69) is 27.0 Å². The van der Waals surface area contributed by atoms with Crippen LogP contribution in [0.1, 0.15) is 42.6 Å². The average Bonchev–Trinajstić information content (AvgIpc) is 2.64. The second-order valence-electron chi connectivity index (χ2n) is 6.87. The SMILES string of the molecule is COc1cccc(CN(Cc2cnc(C)cn2)C2CCC(O)CC2)c1. The summed E-state index contributed by atoms with van der Waals surface area (Å²) in [4.78, 5) is 11.4. The van der Waals surface area contributed by atoms with Crippen LogP contribution >= 0.6 is 0 Å². The molecule has 0 aliphatic heterocycles. The van der Waals surface area contributed by atoms with Gasteiger partial charge in [-0.1, -0.05) is 12.1 Å². The first-order valence-electron chi connectivity index (χ1n) is 8.96. The van der Waals surface area contributed by atoms with E-state index in [1.165, 1.54) is 5.56 Å². The number of ether oxygens (including phenoxy) is 1. The lowest BCUT2D eigenvalue weighted by atomic mass is 9.91. The van der Waals surface area contributed by atoms with Gasteiger partial charge < -0.3 is 9.84 Å². The van der Waals surface area contributed by atoms with Crippen molar-refractivity contribution >= 4 is 0 Å². The fourth-order valence-electron chi connectivity index (χ4n) is 3.45. The van der Waals surface area contributed by atoms with E-state index < -0.39 is 0 Å². The van der Waals surface area contributed by atoms with Gasteiger partial charge in [0.25, 0.3) is 0 Å². The maximum absolute atomic E-state index is 9.83. The van der Waals surface area contributed by atoms with Gasteiger partial charge in [-0.25, -0.2) is 0 Å². The van der Waals surface area contributed by atoms with Crippen LogP contribution in [0.15, 0.2) is 36.7 Å². The maximum Gasteiger partial charge on any atom is 0.119 e. The van der Waals surface area contributed by atoms with E-state index in [-0.39, 0.29) is 6.10 Å². The van der Waals surface area contributed by atoms with Crippen molar-refractivity contribution in [3.63, 3.8) is 0 Å². The van der Waals surface area contributed by atoms with Gasteiger partial charge in [-0.05, 0) is 50.3 Å². The van der Waals surface area contributed by atoms with Gasteiger partial charge in [0.1, 0.15) is 5.75 Å². The van der Waals surface area contributed by atoms with E-state index in [1.54, 1.807) is 7.11 Å². The quantitative estimate of drug-likeness (QED) is 0.875. The molecule has 0 amide bonds. The lowest BCUT2D eigenvalue weighted by Gasteiger charge is -2.35. The van der Waals surface area contributed by atoms with Gasteiger partial charge >= 0.3 is 0 Å². The summed E-state index contributed by atoms with van der Waals surface area (Å²) in [7, 11) is 1.70. The Morgan fingerprint density at radius 2 is 1.92 bits per heavy atom. The highest BCUT2D eigenvalue weighted by Crippen LogP contribution is 2.26. The third-order valence-electron chi connectivity index (χ3n) is 4.90. The first-order valence-corrected chi connectivity index (χ1v) is 8.96. The van der Waals surface area contributed by atoms with Crippen LogP contribution in [0.4, 0.5) is 0 Å². The van der Waals surface area contributed by atoms with Crippen molar-refractivity contribution in [1.82, 2.24) is 14.9 Å². The van der Waals surface area contributed by atoms with Crippen LogP contribution < -0.4 is 4.74 Å². The minimum atomic E-state index is -0.144. The molecule has 0 saturated heterocycles. The van der Waals surface area contributed by atoms with Gasteiger partial charge in [0, 0.05) is 31.5 Å². The van der Waals surface area contributed by atoms with E-state index in [1.807, 2.05) is 31.5 Å². The summed E-state index contributed by atoms with van der Waals surface area (Å²) in [5.74, 6) is 0.881. The Hall–Kier alpha value is -1.98. The minimum Gasteiger partial charge on any atom is -0.497 e. The lowest BCUT2D eigenvalue weighted by Crippen LogP contribution is -2.38. The Balaban J connectivity index is 1.76. The normalized spacial score (nSPS) is 20.6. The fourth-order valence-corrected chi connectivity index (χ4v) is 3.45. The molecular weight excluding hydrogens is 314 g/mol. The third-order valence-corrected chi connectivity index (χ3v) is 4.90.